The second kappa shape index (κ2) is 6.26. The van der Waals surface area contributed by atoms with E-state index in [1.165, 1.54) is 0 Å². The summed E-state index contributed by atoms with van der Waals surface area (Å²) in [4.78, 5) is 9.03. The summed E-state index contributed by atoms with van der Waals surface area (Å²) in [6.45, 7) is 0. The number of aromatic hydroxyl groups is 1. The standard InChI is InChI=1S/C20H14N2OS/c23-19-15(20-22-16-10-4-5-12-18(16)24-20)9-6-11-17(19)21-13-14-7-2-1-3-8-14/h1-13,23H. The van der Waals surface area contributed by atoms with E-state index in [1.807, 2.05) is 66.7 Å². The molecule has 0 aliphatic rings. The van der Waals surface area contributed by atoms with Crippen molar-refractivity contribution < 1.29 is 5.11 Å². The number of para-hydroxylation sites is 2. The van der Waals surface area contributed by atoms with Gasteiger partial charge in [-0.05, 0) is 29.8 Å². The Morgan fingerprint density at radius 3 is 2.50 bits per heavy atom. The monoisotopic (exact) mass is 330 g/mol. The normalized spacial score (nSPS) is 11.3. The molecule has 116 valence electrons. The molecule has 1 aromatic heterocycles. The molecule has 0 saturated carbocycles. The smallest absolute Gasteiger partial charge is 0.151 e. The van der Waals surface area contributed by atoms with Gasteiger partial charge in [-0.2, -0.15) is 0 Å². The highest BCUT2D eigenvalue weighted by atomic mass is 32.1. The van der Waals surface area contributed by atoms with Crippen molar-refractivity contribution >= 4 is 33.5 Å². The molecular formula is C20H14N2OS. The number of phenolic OH excluding ortho intramolecular Hbond substituents is 1. The van der Waals surface area contributed by atoms with Crippen molar-refractivity contribution in [1.82, 2.24) is 4.98 Å². The zero-order valence-electron chi connectivity index (χ0n) is 12.8. The molecule has 0 spiro atoms. The summed E-state index contributed by atoms with van der Waals surface area (Å²) in [5, 5.41) is 11.4. The van der Waals surface area contributed by atoms with E-state index >= 15 is 0 Å². The number of aliphatic imine (C=N–C) groups is 1. The van der Waals surface area contributed by atoms with Gasteiger partial charge >= 0.3 is 0 Å². The molecule has 24 heavy (non-hydrogen) atoms. The van der Waals surface area contributed by atoms with Crippen LogP contribution in [0.15, 0.2) is 77.8 Å². The first-order valence-electron chi connectivity index (χ1n) is 7.58. The van der Waals surface area contributed by atoms with Gasteiger partial charge in [0.1, 0.15) is 10.7 Å². The van der Waals surface area contributed by atoms with Gasteiger partial charge in [-0.25, -0.2) is 4.98 Å². The fraction of sp³-hybridized carbons (Fsp3) is 0. The van der Waals surface area contributed by atoms with Crippen LogP contribution in [-0.2, 0) is 0 Å². The molecule has 3 nitrogen and oxygen atoms in total. The highest BCUT2D eigenvalue weighted by molar-refractivity contribution is 7.21. The summed E-state index contributed by atoms with van der Waals surface area (Å²) in [6, 6.07) is 23.3. The number of nitrogens with zero attached hydrogens (tertiary/aromatic N) is 2. The third-order valence-electron chi connectivity index (χ3n) is 3.69. The van der Waals surface area contributed by atoms with Gasteiger partial charge < -0.3 is 5.11 Å². The van der Waals surface area contributed by atoms with Gasteiger partial charge in [0.25, 0.3) is 0 Å². The van der Waals surface area contributed by atoms with Crippen molar-refractivity contribution in [2.75, 3.05) is 0 Å². The van der Waals surface area contributed by atoms with Crippen LogP contribution in [0.25, 0.3) is 20.8 Å². The number of hydrogen-bond donors (Lipinski definition) is 1. The molecule has 0 atom stereocenters. The molecule has 1 N–H and O–H groups in total. The van der Waals surface area contributed by atoms with Crippen molar-refractivity contribution in [2.24, 2.45) is 4.99 Å². The average Bonchev–Trinajstić information content (AvgIpc) is 3.05. The SMILES string of the molecule is Oc1c(N=Cc2ccccc2)cccc1-c1nc2ccccc2s1. The van der Waals surface area contributed by atoms with Crippen LogP contribution >= 0.6 is 11.3 Å². The Hall–Kier alpha value is -2.98. The van der Waals surface area contributed by atoms with E-state index < -0.39 is 0 Å². The molecule has 3 aromatic carbocycles. The molecule has 0 aliphatic heterocycles. The van der Waals surface area contributed by atoms with Gasteiger partial charge in [-0.1, -0.05) is 48.5 Å². The van der Waals surface area contributed by atoms with E-state index in [0.29, 0.717) is 11.3 Å². The summed E-state index contributed by atoms with van der Waals surface area (Å²) < 4.78 is 1.10. The first-order chi connectivity index (χ1) is 11.8. The lowest BCUT2D eigenvalue weighted by Crippen LogP contribution is -1.81. The van der Waals surface area contributed by atoms with E-state index in [9.17, 15) is 5.11 Å². The van der Waals surface area contributed by atoms with Crippen LogP contribution in [0.1, 0.15) is 5.56 Å². The van der Waals surface area contributed by atoms with E-state index in [1.54, 1.807) is 23.6 Å². The topological polar surface area (TPSA) is 45.5 Å². The van der Waals surface area contributed by atoms with Crippen LogP contribution in [0.2, 0.25) is 0 Å². The molecular weight excluding hydrogens is 316 g/mol. The number of fused-ring (bicyclic) bond motifs is 1. The summed E-state index contributed by atoms with van der Waals surface area (Å²) in [6.07, 6.45) is 1.75. The minimum Gasteiger partial charge on any atom is -0.505 e. The summed E-state index contributed by atoms with van der Waals surface area (Å²) in [5.74, 6) is 0.156. The molecule has 4 heteroatoms. The van der Waals surface area contributed by atoms with Crippen molar-refractivity contribution in [3.05, 3.63) is 78.4 Å². The Balaban J connectivity index is 1.74. The average molecular weight is 330 g/mol. The third kappa shape index (κ3) is 2.79. The predicted molar refractivity (Wildman–Crippen MR) is 100 cm³/mol. The van der Waals surface area contributed by atoms with Crippen LogP contribution in [0.5, 0.6) is 5.75 Å². The molecule has 4 rings (SSSR count). The molecule has 4 aromatic rings. The number of benzene rings is 3. The van der Waals surface area contributed by atoms with Gasteiger partial charge in [-0.3, -0.25) is 4.99 Å². The lowest BCUT2D eigenvalue weighted by molar-refractivity contribution is 0.479. The molecule has 0 amide bonds. The van der Waals surface area contributed by atoms with Crippen molar-refractivity contribution in [3.63, 3.8) is 0 Å². The van der Waals surface area contributed by atoms with Gasteiger partial charge in [0.2, 0.25) is 0 Å². The fourth-order valence-electron chi connectivity index (χ4n) is 2.48. The lowest BCUT2D eigenvalue weighted by Gasteiger charge is -2.04. The lowest BCUT2D eigenvalue weighted by atomic mass is 10.2. The number of rotatable bonds is 3. The number of phenols is 1. The Labute approximate surface area is 143 Å². The van der Waals surface area contributed by atoms with Gasteiger partial charge in [0.15, 0.2) is 5.75 Å². The maximum atomic E-state index is 10.6. The molecule has 1 heterocycles. The quantitative estimate of drug-likeness (QED) is 0.510. The van der Waals surface area contributed by atoms with Crippen LogP contribution in [-0.4, -0.2) is 16.3 Å². The Morgan fingerprint density at radius 1 is 0.875 bits per heavy atom. The van der Waals surface area contributed by atoms with Gasteiger partial charge in [0.05, 0.1) is 15.8 Å². The van der Waals surface area contributed by atoms with E-state index in [4.69, 9.17) is 0 Å². The second-order valence-electron chi connectivity index (χ2n) is 5.33. The molecule has 0 aliphatic carbocycles. The largest absolute Gasteiger partial charge is 0.505 e. The number of aromatic nitrogens is 1. The summed E-state index contributed by atoms with van der Waals surface area (Å²) in [5.41, 5.74) is 3.17. The van der Waals surface area contributed by atoms with Gasteiger partial charge in [0, 0.05) is 6.21 Å². The van der Waals surface area contributed by atoms with E-state index in [-0.39, 0.29) is 5.75 Å². The zero-order chi connectivity index (χ0) is 16.4. The number of thiazole rings is 1. The van der Waals surface area contributed by atoms with Crippen molar-refractivity contribution in [3.8, 4) is 16.3 Å². The Kier molecular flexibility index (Phi) is 3.81. The molecule has 0 bridgehead atoms. The molecule has 0 saturated heterocycles. The maximum absolute atomic E-state index is 10.6. The minimum atomic E-state index is 0.156. The van der Waals surface area contributed by atoms with Crippen LogP contribution in [0.3, 0.4) is 0 Å². The van der Waals surface area contributed by atoms with E-state index in [2.05, 4.69) is 9.98 Å². The highest BCUT2D eigenvalue weighted by Gasteiger charge is 2.12. The first kappa shape index (κ1) is 14.6. The van der Waals surface area contributed by atoms with Crippen molar-refractivity contribution in [2.45, 2.75) is 0 Å². The van der Waals surface area contributed by atoms with Crippen LogP contribution < -0.4 is 0 Å². The first-order valence-corrected chi connectivity index (χ1v) is 8.40. The van der Waals surface area contributed by atoms with Crippen LogP contribution in [0.4, 0.5) is 5.69 Å². The summed E-state index contributed by atoms with van der Waals surface area (Å²) in [7, 11) is 0. The Morgan fingerprint density at radius 2 is 1.67 bits per heavy atom. The maximum Gasteiger partial charge on any atom is 0.151 e. The van der Waals surface area contributed by atoms with Gasteiger partial charge in [-0.15, -0.1) is 11.3 Å². The fourth-order valence-corrected chi connectivity index (χ4v) is 3.47. The van der Waals surface area contributed by atoms with E-state index in [0.717, 1.165) is 20.8 Å². The van der Waals surface area contributed by atoms with Crippen molar-refractivity contribution in [1.29, 1.82) is 0 Å². The van der Waals surface area contributed by atoms with Crippen LogP contribution in [0, 0.1) is 0 Å². The number of hydrogen-bond acceptors (Lipinski definition) is 4. The third-order valence-corrected chi connectivity index (χ3v) is 4.76. The Bertz CT molecular complexity index is 989. The summed E-state index contributed by atoms with van der Waals surface area (Å²) >= 11 is 1.56. The molecule has 0 radical (unpaired) electrons. The minimum absolute atomic E-state index is 0.156. The highest BCUT2D eigenvalue weighted by Crippen LogP contribution is 2.40. The molecule has 0 fully saturated rings. The molecule has 0 unspecified atom stereocenters. The zero-order valence-corrected chi connectivity index (χ0v) is 13.6. The second-order valence-corrected chi connectivity index (χ2v) is 6.36. The predicted octanol–water partition coefficient (Wildman–Crippen LogP) is 5.42.